The van der Waals surface area contributed by atoms with Gasteiger partial charge in [-0.1, -0.05) is 72.8 Å². The van der Waals surface area contributed by atoms with Gasteiger partial charge in [0.25, 0.3) is 11.8 Å². The van der Waals surface area contributed by atoms with Crippen LogP contribution in [0.15, 0.2) is 103 Å². The number of hydrogen-bond acceptors (Lipinski definition) is 7. The zero-order chi connectivity index (χ0) is 30.6. The van der Waals surface area contributed by atoms with Crippen molar-refractivity contribution in [3.63, 3.8) is 0 Å². The van der Waals surface area contributed by atoms with Gasteiger partial charge in [-0.25, -0.2) is 9.18 Å². The first-order valence-corrected chi connectivity index (χ1v) is 14.1. The fraction of sp³-hybridized carbons (Fsp3) is 0.143. The van der Waals surface area contributed by atoms with Crippen LogP contribution in [-0.4, -0.2) is 40.9 Å². The number of carbonyl (C=O) groups is 3. The van der Waals surface area contributed by atoms with Crippen molar-refractivity contribution in [2.45, 2.75) is 19.6 Å². The lowest BCUT2D eigenvalue weighted by Gasteiger charge is -2.23. The topological polar surface area (TPSA) is 95.0 Å². The third-order valence-corrected chi connectivity index (χ3v) is 7.22. The summed E-state index contributed by atoms with van der Waals surface area (Å²) < 4.78 is 31.3. The third kappa shape index (κ3) is 5.47. The molecule has 0 saturated carbocycles. The standard InChI is InChI=1S/C35H27FN2O6/c1-2-42-27(39)21-43-32-26-14-9-19-37-30(26)33(44-31(23-10-5-3-6-11-23)24-12-7-4-8-13-24)29-28(32)34(40)38(35(29)41)20-22-15-17-25(36)18-16-22/h3-19,31H,2,20-21H2,1H3. The van der Waals surface area contributed by atoms with E-state index in [1.165, 1.54) is 24.3 Å². The molecule has 8 nitrogen and oxygen atoms in total. The van der Waals surface area contributed by atoms with E-state index in [0.29, 0.717) is 10.9 Å². The van der Waals surface area contributed by atoms with Crippen LogP contribution in [0.1, 0.15) is 50.4 Å². The Bertz CT molecular complexity index is 1810. The fourth-order valence-corrected chi connectivity index (χ4v) is 5.24. The molecule has 1 aliphatic rings. The van der Waals surface area contributed by atoms with Crippen LogP contribution in [0.25, 0.3) is 10.9 Å². The monoisotopic (exact) mass is 590 g/mol. The summed E-state index contributed by atoms with van der Waals surface area (Å²) in [6.45, 7) is 1.22. The maximum atomic E-state index is 14.2. The van der Waals surface area contributed by atoms with Gasteiger partial charge in [-0.05, 0) is 47.9 Å². The maximum Gasteiger partial charge on any atom is 0.344 e. The number of ether oxygens (including phenoxy) is 3. The van der Waals surface area contributed by atoms with Gasteiger partial charge in [-0.2, -0.15) is 0 Å². The Morgan fingerprint density at radius 2 is 1.43 bits per heavy atom. The van der Waals surface area contributed by atoms with Crippen LogP contribution in [0.3, 0.4) is 0 Å². The Hall–Kier alpha value is -5.57. The molecular formula is C35H27FN2O6. The molecule has 0 radical (unpaired) electrons. The van der Waals surface area contributed by atoms with Crippen LogP contribution >= 0.6 is 0 Å². The number of amides is 2. The molecule has 6 rings (SSSR count). The summed E-state index contributed by atoms with van der Waals surface area (Å²) in [5.74, 6) is -2.20. The lowest BCUT2D eigenvalue weighted by atomic mass is 9.99. The van der Waals surface area contributed by atoms with Crippen molar-refractivity contribution in [1.82, 2.24) is 9.88 Å². The van der Waals surface area contributed by atoms with Gasteiger partial charge < -0.3 is 14.2 Å². The zero-order valence-corrected chi connectivity index (χ0v) is 23.7. The molecule has 0 spiro atoms. The molecule has 0 fully saturated rings. The predicted octanol–water partition coefficient (Wildman–Crippen LogP) is 6.28. The number of nitrogens with zero attached hydrogens (tertiary/aromatic N) is 2. The van der Waals surface area contributed by atoms with Crippen LogP contribution in [0.2, 0.25) is 0 Å². The summed E-state index contributed by atoms with van der Waals surface area (Å²) in [5, 5.41) is 0.384. The average molecular weight is 591 g/mol. The third-order valence-electron chi connectivity index (χ3n) is 7.22. The van der Waals surface area contributed by atoms with Crippen molar-refractivity contribution in [3.05, 3.63) is 137 Å². The summed E-state index contributed by atoms with van der Waals surface area (Å²) in [7, 11) is 0. The molecule has 220 valence electrons. The molecule has 0 saturated heterocycles. The number of carbonyl (C=O) groups excluding carboxylic acids is 3. The first kappa shape index (κ1) is 28.5. The van der Waals surface area contributed by atoms with Crippen molar-refractivity contribution in [2.24, 2.45) is 0 Å². The molecule has 1 aliphatic heterocycles. The highest BCUT2D eigenvalue weighted by atomic mass is 19.1. The number of fused-ring (bicyclic) bond motifs is 2. The zero-order valence-electron chi connectivity index (χ0n) is 23.7. The van der Waals surface area contributed by atoms with Gasteiger partial charge in [0.05, 0.1) is 18.7 Å². The van der Waals surface area contributed by atoms with Crippen molar-refractivity contribution in [3.8, 4) is 11.5 Å². The van der Waals surface area contributed by atoms with Gasteiger partial charge in [0.2, 0.25) is 0 Å². The minimum absolute atomic E-state index is 0.0273. The number of halogens is 1. The maximum absolute atomic E-state index is 14.2. The van der Waals surface area contributed by atoms with Gasteiger partial charge >= 0.3 is 5.97 Å². The van der Waals surface area contributed by atoms with Crippen LogP contribution in [0.5, 0.6) is 11.5 Å². The molecule has 0 aliphatic carbocycles. The molecule has 0 atom stereocenters. The summed E-state index contributed by atoms with van der Waals surface area (Å²) in [6.07, 6.45) is 0.890. The van der Waals surface area contributed by atoms with E-state index in [4.69, 9.17) is 14.2 Å². The molecule has 0 unspecified atom stereocenters. The first-order valence-electron chi connectivity index (χ1n) is 14.1. The van der Waals surface area contributed by atoms with E-state index in [9.17, 15) is 18.8 Å². The molecular weight excluding hydrogens is 563 g/mol. The van der Waals surface area contributed by atoms with E-state index >= 15 is 0 Å². The average Bonchev–Trinajstić information content (AvgIpc) is 3.29. The highest BCUT2D eigenvalue weighted by Gasteiger charge is 2.43. The second-order valence-corrected chi connectivity index (χ2v) is 10.0. The van der Waals surface area contributed by atoms with Crippen molar-refractivity contribution in [2.75, 3.05) is 13.2 Å². The minimum Gasteiger partial charge on any atom is -0.480 e. The van der Waals surface area contributed by atoms with Crippen LogP contribution < -0.4 is 9.47 Å². The lowest BCUT2D eigenvalue weighted by Crippen LogP contribution is -2.29. The minimum atomic E-state index is -0.660. The molecule has 4 aromatic carbocycles. The SMILES string of the molecule is CCOC(=O)COc1c2c(c(OC(c3ccccc3)c3ccccc3)c3ncccc13)C(=O)N(Cc1ccc(F)cc1)C2=O. The van der Waals surface area contributed by atoms with Gasteiger partial charge in [0.15, 0.2) is 12.4 Å². The second-order valence-electron chi connectivity index (χ2n) is 10.0. The second kappa shape index (κ2) is 12.3. The molecule has 5 aromatic rings. The van der Waals surface area contributed by atoms with Gasteiger partial charge in [0, 0.05) is 11.6 Å². The van der Waals surface area contributed by atoms with Gasteiger partial charge in [0.1, 0.15) is 28.8 Å². The highest BCUT2D eigenvalue weighted by molar-refractivity contribution is 6.27. The lowest BCUT2D eigenvalue weighted by molar-refractivity contribution is -0.145. The van der Waals surface area contributed by atoms with E-state index in [2.05, 4.69) is 4.98 Å². The van der Waals surface area contributed by atoms with E-state index in [-0.39, 0.29) is 41.3 Å². The molecule has 2 amide bonds. The van der Waals surface area contributed by atoms with Crippen molar-refractivity contribution in [1.29, 1.82) is 0 Å². The Kier molecular flexibility index (Phi) is 8.01. The van der Waals surface area contributed by atoms with E-state index in [1.54, 1.807) is 25.3 Å². The van der Waals surface area contributed by atoms with Gasteiger partial charge in [-0.15, -0.1) is 0 Å². The number of imide groups is 1. The summed E-state index contributed by atoms with van der Waals surface area (Å²) in [5.41, 5.74) is 2.40. The summed E-state index contributed by atoms with van der Waals surface area (Å²) in [4.78, 5) is 46.1. The Morgan fingerprint density at radius 3 is 2.05 bits per heavy atom. The van der Waals surface area contributed by atoms with E-state index in [1.807, 2.05) is 60.7 Å². The first-order chi connectivity index (χ1) is 21.5. The summed E-state index contributed by atoms with van der Waals surface area (Å²) >= 11 is 0. The predicted molar refractivity (Wildman–Crippen MR) is 160 cm³/mol. The number of aromatic nitrogens is 1. The molecule has 9 heteroatoms. The molecule has 0 N–H and O–H groups in total. The smallest absolute Gasteiger partial charge is 0.344 e. The van der Waals surface area contributed by atoms with Crippen molar-refractivity contribution >= 4 is 28.7 Å². The Morgan fingerprint density at radius 1 is 0.818 bits per heavy atom. The van der Waals surface area contributed by atoms with Crippen molar-refractivity contribution < 1.29 is 33.0 Å². The van der Waals surface area contributed by atoms with Crippen LogP contribution in [0.4, 0.5) is 4.39 Å². The van der Waals surface area contributed by atoms with Crippen LogP contribution in [0, 0.1) is 5.82 Å². The Labute approximate surface area is 252 Å². The summed E-state index contributed by atoms with van der Waals surface area (Å²) in [6, 6.07) is 27.9. The molecule has 0 bridgehead atoms. The number of hydrogen-bond donors (Lipinski definition) is 0. The number of esters is 1. The quantitative estimate of drug-likeness (QED) is 0.140. The number of benzene rings is 4. The van der Waals surface area contributed by atoms with E-state index in [0.717, 1.165) is 16.0 Å². The molecule has 1 aromatic heterocycles. The Balaban J connectivity index is 1.54. The highest BCUT2D eigenvalue weighted by Crippen LogP contribution is 2.46. The number of rotatable bonds is 10. The molecule has 44 heavy (non-hydrogen) atoms. The number of pyridine rings is 1. The van der Waals surface area contributed by atoms with E-state index < -0.39 is 36.3 Å². The van der Waals surface area contributed by atoms with Gasteiger partial charge in [-0.3, -0.25) is 19.5 Å². The largest absolute Gasteiger partial charge is 0.480 e. The van der Waals surface area contributed by atoms with Crippen LogP contribution in [-0.2, 0) is 16.1 Å². The fourth-order valence-electron chi connectivity index (χ4n) is 5.24. The normalized spacial score (nSPS) is 12.5. The molecule has 2 heterocycles.